The number of aromatic amines is 1. The molecule has 3 saturated heterocycles. The number of carbonyl (C=O) groups excluding carboxylic acids is 3. The number of hydrogen-bond acceptors (Lipinski definition) is 6. The average Bonchev–Trinajstić information content (AvgIpc) is 3.48. The number of rotatable bonds is 4. The molecule has 7 rings (SSSR count). The zero-order chi connectivity index (χ0) is 25.1. The van der Waals surface area contributed by atoms with E-state index in [1.807, 2.05) is 24.4 Å². The molecule has 2 aromatic heterocycles. The molecule has 4 aliphatic heterocycles. The van der Waals surface area contributed by atoms with Gasteiger partial charge in [-0.1, -0.05) is 6.07 Å². The van der Waals surface area contributed by atoms with E-state index in [0.29, 0.717) is 30.4 Å². The molecule has 0 spiro atoms. The number of piperidine rings is 2. The predicted molar refractivity (Wildman–Crippen MR) is 135 cm³/mol. The monoisotopic (exact) mass is 499 g/mol. The van der Waals surface area contributed by atoms with Gasteiger partial charge in [0, 0.05) is 55.3 Å². The van der Waals surface area contributed by atoms with Crippen molar-refractivity contribution in [2.75, 3.05) is 26.3 Å². The Hall–Kier alpha value is -3.56. The highest BCUT2D eigenvalue weighted by atomic mass is 16.5. The van der Waals surface area contributed by atoms with E-state index >= 15 is 0 Å². The molecule has 6 heterocycles. The lowest BCUT2D eigenvalue weighted by molar-refractivity contribution is -0.136. The zero-order valence-electron chi connectivity index (χ0n) is 20.5. The Morgan fingerprint density at radius 1 is 1.05 bits per heavy atom. The van der Waals surface area contributed by atoms with Crippen LogP contribution in [0.15, 0.2) is 36.5 Å². The molecule has 3 atom stereocenters. The number of imide groups is 1. The standard InChI is InChI=1S/C28H29N5O4/c34-25-4-3-24(27(35)31-25)33-13-19-8-18(1-2-22(19)28(33)36)23-9-20(21-5-6-29-26(21)30-23)12-32-10-16-7-17(11-32)15-37-14-16/h1-2,5-6,8-9,16-17,24H,3-4,7,10-15H2,(H,29,30)(H,31,34,35). The van der Waals surface area contributed by atoms with Crippen LogP contribution in [0.1, 0.15) is 40.7 Å². The molecule has 0 aliphatic carbocycles. The maximum Gasteiger partial charge on any atom is 0.255 e. The first-order valence-corrected chi connectivity index (χ1v) is 13.1. The molecule has 190 valence electrons. The summed E-state index contributed by atoms with van der Waals surface area (Å²) in [5, 5.41) is 3.50. The molecule has 4 aliphatic rings. The Bertz CT molecular complexity index is 1420. The highest BCUT2D eigenvalue weighted by Gasteiger charge is 2.39. The van der Waals surface area contributed by atoms with Gasteiger partial charge in [-0.3, -0.25) is 24.6 Å². The van der Waals surface area contributed by atoms with Crippen molar-refractivity contribution in [1.82, 2.24) is 25.1 Å². The Balaban J connectivity index is 1.17. The van der Waals surface area contributed by atoms with Gasteiger partial charge in [-0.25, -0.2) is 4.98 Å². The number of benzene rings is 1. The number of hydrogen-bond donors (Lipinski definition) is 2. The van der Waals surface area contributed by atoms with Gasteiger partial charge < -0.3 is 14.6 Å². The molecule has 3 aromatic rings. The Morgan fingerprint density at radius 3 is 2.70 bits per heavy atom. The number of ether oxygens (including phenoxy) is 1. The number of nitrogens with one attached hydrogen (secondary N) is 2. The molecule has 37 heavy (non-hydrogen) atoms. The van der Waals surface area contributed by atoms with Crippen LogP contribution in [-0.4, -0.2) is 69.8 Å². The number of fused-ring (bicyclic) bond motifs is 4. The Kier molecular flexibility index (Phi) is 5.37. The minimum atomic E-state index is -0.615. The topological polar surface area (TPSA) is 108 Å². The maximum atomic E-state index is 13.1. The van der Waals surface area contributed by atoms with Gasteiger partial charge in [0.25, 0.3) is 5.91 Å². The Morgan fingerprint density at radius 2 is 1.89 bits per heavy atom. The Labute approximate surface area is 214 Å². The molecule has 0 saturated carbocycles. The van der Waals surface area contributed by atoms with Gasteiger partial charge in [-0.2, -0.15) is 0 Å². The summed E-state index contributed by atoms with van der Waals surface area (Å²) in [7, 11) is 0. The van der Waals surface area contributed by atoms with Crippen molar-refractivity contribution in [3.63, 3.8) is 0 Å². The summed E-state index contributed by atoms with van der Waals surface area (Å²) in [4.78, 5) is 49.4. The van der Waals surface area contributed by atoms with Crippen molar-refractivity contribution in [1.29, 1.82) is 0 Å². The van der Waals surface area contributed by atoms with Crippen LogP contribution in [0.25, 0.3) is 22.3 Å². The second-order valence-electron chi connectivity index (χ2n) is 10.9. The third-order valence-corrected chi connectivity index (χ3v) is 8.23. The van der Waals surface area contributed by atoms with E-state index in [2.05, 4.69) is 27.3 Å². The maximum absolute atomic E-state index is 13.1. The van der Waals surface area contributed by atoms with E-state index < -0.39 is 11.9 Å². The summed E-state index contributed by atoms with van der Waals surface area (Å²) in [6.07, 6.45) is 3.80. The van der Waals surface area contributed by atoms with Gasteiger partial charge in [0.1, 0.15) is 11.7 Å². The van der Waals surface area contributed by atoms with E-state index in [4.69, 9.17) is 9.72 Å². The number of nitrogens with zero attached hydrogens (tertiary/aromatic N) is 3. The molecule has 3 unspecified atom stereocenters. The van der Waals surface area contributed by atoms with Gasteiger partial charge in [0.15, 0.2) is 0 Å². The number of amides is 3. The lowest BCUT2D eigenvalue weighted by Gasteiger charge is -2.41. The molecule has 2 N–H and O–H groups in total. The molecule has 1 aromatic carbocycles. The summed E-state index contributed by atoms with van der Waals surface area (Å²) >= 11 is 0. The lowest BCUT2D eigenvalue weighted by atomic mass is 9.88. The molecular weight excluding hydrogens is 470 g/mol. The van der Waals surface area contributed by atoms with Crippen LogP contribution in [0, 0.1) is 11.8 Å². The number of aromatic nitrogens is 2. The summed E-state index contributed by atoms with van der Waals surface area (Å²) in [6, 6.07) is 9.44. The van der Waals surface area contributed by atoms with Crippen LogP contribution in [0.4, 0.5) is 0 Å². The van der Waals surface area contributed by atoms with E-state index in [9.17, 15) is 14.4 Å². The largest absolute Gasteiger partial charge is 0.381 e. The first kappa shape index (κ1) is 22.6. The number of H-pyrrole nitrogens is 1. The van der Waals surface area contributed by atoms with Crippen LogP contribution in [0.5, 0.6) is 0 Å². The van der Waals surface area contributed by atoms with Crippen LogP contribution in [-0.2, 0) is 27.4 Å². The number of pyridine rings is 1. The third kappa shape index (κ3) is 4.02. The highest BCUT2D eigenvalue weighted by Crippen LogP contribution is 2.33. The third-order valence-electron chi connectivity index (χ3n) is 8.23. The predicted octanol–water partition coefficient (Wildman–Crippen LogP) is 2.46. The molecule has 3 amide bonds. The summed E-state index contributed by atoms with van der Waals surface area (Å²) < 4.78 is 5.76. The SMILES string of the molecule is O=C1CCC(N2Cc3cc(-c4cc(CN5CC6COCC(C6)C5)c5cc[nH]c5n4)ccc3C2=O)C(=O)N1. The van der Waals surface area contributed by atoms with Crippen molar-refractivity contribution in [3.8, 4) is 11.3 Å². The minimum Gasteiger partial charge on any atom is -0.381 e. The average molecular weight is 500 g/mol. The fourth-order valence-electron chi connectivity index (χ4n) is 6.56. The van der Waals surface area contributed by atoms with Gasteiger partial charge in [0.2, 0.25) is 11.8 Å². The molecule has 9 heteroatoms. The fraction of sp³-hybridized carbons (Fsp3) is 0.429. The second kappa shape index (κ2) is 8.78. The van der Waals surface area contributed by atoms with Crippen molar-refractivity contribution >= 4 is 28.8 Å². The van der Waals surface area contributed by atoms with Gasteiger partial charge in [-0.15, -0.1) is 0 Å². The van der Waals surface area contributed by atoms with Crippen molar-refractivity contribution in [2.45, 2.75) is 38.4 Å². The molecular formula is C28H29N5O4. The van der Waals surface area contributed by atoms with Crippen molar-refractivity contribution in [2.24, 2.45) is 11.8 Å². The number of likely N-dealkylation sites (tertiary alicyclic amines) is 1. The fourth-order valence-corrected chi connectivity index (χ4v) is 6.56. The van der Waals surface area contributed by atoms with Gasteiger partial charge >= 0.3 is 0 Å². The summed E-state index contributed by atoms with van der Waals surface area (Å²) in [5.74, 6) is 0.378. The highest BCUT2D eigenvalue weighted by molar-refractivity contribution is 6.05. The van der Waals surface area contributed by atoms with E-state index in [0.717, 1.165) is 60.7 Å². The van der Waals surface area contributed by atoms with Gasteiger partial charge in [-0.05, 0) is 60.1 Å². The van der Waals surface area contributed by atoms with Crippen LogP contribution < -0.4 is 5.32 Å². The van der Waals surface area contributed by atoms with Crippen LogP contribution >= 0.6 is 0 Å². The van der Waals surface area contributed by atoms with Crippen LogP contribution in [0.3, 0.4) is 0 Å². The molecule has 3 fully saturated rings. The minimum absolute atomic E-state index is 0.163. The van der Waals surface area contributed by atoms with Crippen LogP contribution in [0.2, 0.25) is 0 Å². The van der Waals surface area contributed by atoms with E-state index in [1.165, 1.54) is 12.0 Å². The zero-order valence-corrected chi connectivity index (χ0v) is 20.5. The molecule has 2 bridgehead atoms. The summed E-state index contributed by atoms with van der Waals surface area (Å²) in [5.41, 5.74) is 5.39. The lowest BCUT2D eigenvalue weighted by Crippen LogP contribution is -2.52. The number of carbonyl (C=O) groups is 3. The van der Waals surface area contributed by atoms with Gasteiger partial charge in [0.05, 0.1) is 18.9 Å². The smallest absolute Gasteiger partial charge is 0.255 e. The van der Waals surface area contributed by atoms with Crippen molar-refractivity contribution in [3.05, 3.63) is 53.2 Å². The van der Waals surface area contributed by atoms with E-state index in [1.54, 1.807) is 4.90 Å². The summed E-state index contributed by atoms with van der Waals surface area (Å²) in [6.45, 7) is 5.04. The first-order valence-electron chi connectivity index (χ1n) is 13.1. The van der Waals surface area contributed by atoms with E-state index in [-0.39, 0.29) is 18.2 Å². The first-order chi connectivity index (χ1) is 18.0. The second-order valence-corrected chi connectivity index (χ2v) is 10.9. The molecule has 9 nitrogen and oxygen atoms in total. The van der Waals surface area contributed by atoms with Crippen molar-refractivity contribution < 1.29 is 19.1 Å². The molecule has 0 radical (unpaired) electrons. The normalized spacial score (nSPS) is 26.0. The quantitative estimate of drug-likeness (QED) is 0.534.